The smallest absolute Gasteiger partial charge is 0.337 e. The van der Waals surface area contributed by atoms with Gasteiger partial charge in [0.15, 0.2) is 11.3 Å². The molecule has 3 aromatic heterocycles. The third-order valence-electron chi connectivity index (χ3n) is 6.27. The second-order valence-corrected chi connectivity index (χ2v) is 9.03. The van der Waals surface area contributed by atoms with Crippen LogP contribution >= 0.6 is 0 Å². The molecule has 7 nitrogen and oxygen atoms in total. The Morgan fingerprint density at radius 1 is 1.14 bits per heavy atom. The van der Waals surface area contributed by atoms with E-state index in [9.17, 15) is 18.0 Å². The van der Waals surface area contributed by atoms with Gasteiger partial charge in [-0.25, -0.2) is 9.50 Å². The van der Waals surface area contributed by atoms with Gasteiger partial charge in [-0.05, 0) is 31.4 Å². The lowest BCUT2D eigenvalue weighted by Gasteiger charge is -2.17. The molecule has 0 spiro atoms. The molecule has 0 aliphatic heterocycles. The molecule has 1 aromatic carbocycles. The number of alkyl halides is 3. The minimum atomic E-state index is -4.68. The van der Waals surface area contributed by atoms with Crippen LogP contribution in [0.1, 0.15) is 58.3 Å². The van der Waals surface area contributed by atoms with Gasteiger partial charge in [0.2, 0.25) is 0 Å². The largest absolute Gasteiger partial charge is 0.433 e. The van der Waals surface area contributed by atoms with Crippen LogP contribution in [0.3, 0.4) is 0 Å². The first-order chi connectivity index (χ1) is 16.4. The van der Waals surface area contributed by atoms with Crippen LogP contribution < -0.4 is 0 Å². The van der Waals surface area contributed by atoms with Crippen LogP contribution in [0.15, 0.2) is 36.5 Å². The molecule has 4 aromatic rings. The number of carbonyl (C=O) groups excluding carboxylic acids is 1. The molecule has 0 saturated carbocycles. The van der Waals surface area contributed by atoms with Crippen molar-refractivity contribution in [3.63, 3.8) is 0 Å². The summed E-state index contributed by atoms with van der Waals surface area (Å²) in [6, 6.07) is 8.19. The van der Waals surface area contributed by atoms with Gasteiger partial charge in [0.25, 0.3) is 5.91 Å². The van der Waals surface area contributed by atoms with Crippen molar-refractivity contribution in [2.45, 2.75) is 46.3 Å². The molecule has 0 fully saturated rings. The van der Waals surface area contributed by atoms with E-state index in [-0.39, 0.29) is 29.4 Å². The summed E-state index contributed by atoms with van der Waals surface area (Å²) >= 11 is 0. The van der Waals surface area contributed by atoms with Gasteiger partial charge >= 0.3 is 6.18 Å². The maximum atomic E-state index is 13.9. The molecular formula is C25H27F3N6O. The molecule has 35 heavy (non-hydrogen) atoms. The number of halogens is 3. The van der Waals surface area contributed by atoms with Gasteiger partial charge in [-0.15, -0.1) is 0 Å². The van der Waals surface area contributed by atoms with E-state index in [0.717, 1.165) is 34.8 Å². The summed E-state index contributed by atoms with van der Waals surface area (Å²) in [5.74, 6) is -0.192. The SMILES string of the molecule is Cc1nn(C)c(C)c1CN(C)C(=O)c1cnn2c(C(F)(F)F)cc(-c3ccc(C(C)C)cc3)nc12. The second kappa shape index (κ2) is 8.83. The lowest BCUT2D eigenvalue weighted by Crippen LogP contribution is -2.27. The Kier molecular flexibility index (Phi) is 6.16. The third-order valence-corrected chi connectivity index (χ3v) is 6.27. The van der Waals surface area contributed by atoms with E-state index < -0.39 is 17.8 Å². The number of hydrogen-bond donors (Lipinski definition) is 0. The first-order valence-corrected chi connectivity index (χ1v) is 11.2. The van der Waals surface area contributed by atoms with Gasteiger partial charge in [-0.1, -0.05) is 38.1 Å². The molecular weight excluding hydrogens is 457 g/mol. The highest BCUT2D eigenvalue weighted by Gasteiger charge is 2.36. The molecule has 0 radical (unpaired) electrons. The van der Waals surface area contributed by atoms with Crippen molar-refractivity contribution in [1.29, 1.82) is 0 Å². The zero-order valence-corrected chi connectivity index (χ0v) is 20.5. The van der Waals surface area contributed by atoms with Crippen molar-refractivity contribution in [3.05, 3.63) is 70.3 Å². The summed E-state index contributed by atoms with van der Waals surface area (Å²) in [5.41, 5.74) is 3.15. The molecule has 1 amide bonds. The molecule has 0 atom stereocenters. The average Bonchev–Trinajstić information content (AvgIpc) is 3.33. The van der Waals surface area contributed by atoms with Crippen molar-refractivity contribution < 1.29 is 18.0 Å². The van der Waals surface area contributed by atoms with Gasteiger partial charge in [0.05, 0.1) is 17.6 Å². The summed E-state index contributed by atoms with van der Waals surface area (Å²) in [4.78, 5) is 19.2. The van der Waals surface area contributed by atoms with Crippen LogP contribution in [0.2, 0.25) is 0 Å². The van der Waals surface area contributed by atoms with E-state index >= 15 is 0 Å². The highest BCUT2D eigenvalue weighted by atomic mass is 19.4. The predicted octanol–water partition coefficient (Wildman–Crippen LogP) is 5.16. The normalized spacial score (nSPS) is 12.1. The number of aromatic nitrogens is 5. The molecule has 0 unspecified atom stereocenters. The Hall–Kier alpha value is -3.69. The number of amides is 1. The molecule has 4 rings (SSSR count). The summed E-state index contributed by atoms with van der Waals surface area (Å²) in [6.45, 7) is 8.08. The Morgan fingerprint density at radius 2 is 1.80 bits per heavy atom. The average molecular weight is 485 g/mol. The number of rotatable bonds is 5. The lowest BCUT2D eigenvalue weighted by molar-refractivity contribution is -0.142. The van der Waals surface area contributed by atoms with Crippen molar-refractivity contribution in [1.82, 2.24) is 29.3 Å². The number of nitrogens with zero attached hydrogens (tertiary/aromatic N) is 6. The molecule has 184 valence electrons. The summed E-state index contributed by atoms with van der Waals surface area (Å²) in [6.07, 6.45) is -3.54. The third kappa shape index (κ3) is 4.52. The van der Waals surface area contributed by atoms with Crippen molar-refractivity contribution in [3.8, 4) is 11.3 Å². The van der Waals surface area contributed by atoms with E-state index in [2.05, 4.69) is 15.2 Å². The van der Waals surface area contributed by atoms with Crippen LogP contribution in [0.5, 0.6) is 0 Å². The number of hydrogen-bond acceptors (Lipinski definition) is 4. The van der Waals surface area contributed by atoms with E-state index in [1.165, 1.54) is 4.90 Å². The second-order valence-electron chi connectivity index (χ2n) is 9.03. The topological polar surface area (TPSA) is 68.3 Å². The summed E-state index contributed by atoms with van der Waals surface area (Å²) in [7, 11) is 3.41. The standard InChI is InChI=1S/C25H27F3N6O/c1-14(2)17-7-9-18(10-8-17)21-11-22(25(26,27)28)34-23(30-21)19(12-29-34)24(35)32(5)13-20-15(3)31-33(6)16(20)4/h7-12,14H,13H2,1-6H3. The number of carbonyl (C=O) groups is 1. The predicted molar refractivity (Wildman–Crippen MR) is 126 cm³/mol. The fourth-order valence-corrected chi connectivity index (χ4v) is 4.06. The highest BCUT2D eigenvalue weighted by Crippen LogP contribution is 2.33. The van der Waals surface area contributed by atoms with E-state index in [4.69, 9.17) is 0 Å². The minimum absolute atomic E-state index is 0.00199. The van der Waals surface area contributed by atoms with Gasteiger partial charge in [0, 0.05) is 37.5 Å². The number of aryl methyl sites for hydroxylation is 2. The first kappa shape index (κ1) is 24.4. The van der Waals surface area contributed by atoms with E-state index in [0.29, 0.717) is 10.1 Å². The van der Waals surface area contributed by atoms with Crippen LogP contribution in [-0.4, -0.2) is 42.2 Å². The summed E-state index contributed by atoms with van der Waals surface area (Å²) in [5, 5.41) is 8.24. The minimum Gasteiger partial charge on any atom is -0.337 e. The first-order valence-electron chi connectivity index (χ1n) is 11.2. The molecule has 3 heterocycles. The van der Waals surface area contributed by atoms with Crippen LogP contribution in [0.25, 0.3) is 16.9 Å². The maximum absolute atomic E-state index is 13.9. The molecule has 0 bridgehead atoms. The van der Waals surface area contributed by atoms with Crippen LogP contribution in [-0.2, 0) is 19.8 Å². The van der Waals surface area contributed by atoms with Gasteiger partial charge in [0.1, 0.15) is 5.56 Å². The van der Waals surface area contributed by atoms with Crippen molar-refractivity contribution >= 4 is 11.6 Å². The van der Waals surface area contributed by atoms with Crippen LogP contribution in [0, 0.1) is 13.8 Å². The molecule has 10 heteroatoms. The monoisotopic (exact) mass is 484 g/mol. The highest BCUT2D eigenvalue weighted by molar-refractivity contribution is 5.99. The van der Waals surface area contributed by atoms with Gasteiger partial charge in [-0.2, -0.15) is 23.4 Å². The van der Waals surface area contributed by atoms with E-state index in [1.807, 2.05) is 46.9 Å². The van der Waals surface area contributed by atoms with Crippen molar-refractivity contribution in [2.75, 3.05) is 7.05 Å². The molecule has 0 aliphatic rings. The zero-order chi connectivity index (χ0) is 25.7. The fourth-order valence-electron chi connectivity index (χ4n) is 4.06. The molecule has 0 aliphatic carbocycles. The molecule has 0 saturated heterocycles. The quantitative estimate of drug-likeness (QED) is 0.392. The number of benzene rings is 1. The lowest BCUT2D eigenvalue weighted by atomic mass is 10.0. The summed E-state index contributed by atoms with van der Waals surface area (Å²) < 4.78 is 44.2. The van der Waals surface area contributed by atoms with Crippen LogP contribution in [0.4, 0.5) is 13.2 Å². The maximum Gasteiger partial charge on any atom is 0.433 e. The number of fused-ring (bicyclic) bond motifs is 1. The van der Waals surface area contributed by atoms with Gasteiger partial charge < -0.3 is 4.90 Å². The molecule has 0 N–H and O–H groups in total. The van der Waals surface area contributed by atoms with Gasteiger partial charge in [-0.3, -0.25) is 9.48 Å². The Labute approximate surface area is 201 Å². The Bertz CT molecular complexity index is 1400. The fraction of sp³-hybridized carbons (Fsp3) is 0.360. The Balaban J connectivity index is 1.79. The Morgan fingerprint density at radius 3 is 2.34 bits per heavy atom. The van der Waals surface area contributed by atoms with Crippen molar-refractivity contribution in [2.24, 2.45) is 7.05 Å². The van der Waals surface area contributed by atoms with E-state index in [1.54, 1.807) is 23.9 Å². The zero-order valence-electron chi connectivity index (χ0n) is 20.5.